The molecule has 28 heavy (non-hydrogen) atoms. The van der Waals surface area contributed by atoms with Crippen molar-refractivity contribution < 1.29 is 14.4 Å². The third kappa shape index (κ3) is 4.89. The number of halogens is 1. The first-order valence-corrected chi connectivity index (χ1v) is 9.49. The Morgan fingerprint density at radius 1 is 1.00 bits per heavy atom. The number of Topliss-reactive ketones (excluding diaryl/α,β-unsaturated/α-hetero) is 1. The molecule has 0 saturated carbocycles. The van der Waals surface area contributed by atoms with E-state index >= 15 is 0 Å². The summed E-state index contributed by atoms with van der Waals surface area (Å²) in [6.07, 6.45) is 0. The normalized spacial score (nSPS) is 13.9. The maximum atomic E-state index is 12.4. The number of rotatable bonds is 5. The van der Waals surface area contributed by atoms with Gasteiger partial charge in [0.05, 0.1) is 6.54 Å². The first kappa shape index (κ1) is 19.9. The van der Waals surface area contributed by atoms with Crippen LogP contribution in [0.5, 0.6) is 0 Å². The number of hydrogen-bond donors (Lipinski definition) is 1. The molecule has 0 spiro atoms. The number of ketones is 1. The van der Waals surface area contributed by atoms with Gasteiger partial charge in [-0.1, -0.05) is 41.4 Å². The van der Waals surface area contributed by atoms with E-state index in [1.807, 2.05) is 6.92 Å². The highest BCUT2D eigenvalue weighted by atomic mass is 35.5. The number of carbonyl (C=O) groups excluding carboxylic acids is 3. The lowest BCUT2D eigenvalue weighted by molar-refractivity contribution is -0.132. The summed E-state index contributed by atoms with van der Waals surface area (Å²) in [6.45, 7) is 4.45. The third-order valence-electron chi connectivity index (χ3n) is 4.72. The number of nitrogens with zero attached hydrogens (tertiary/aromatic N) is 2. The van der Waals surface area contributed by atoms with Gasteiger partial charge in [-0.3, -0.25) is 14.4 Å². The van der Waals surface area contributed by atoms with E-state index in [0.717, 1.165) is 18.8 Å². The molecule has 1 heterocycles. The SMILES string of the molecule is Cc1ccc(N2CCN(C(=O)CNC(=O)C(=O)c3cccc(Cl)c3)CC2)cc1. The minimum atomic E-state index is -0.811. The Morgan fingerprint density at radius 2 is 1.68 bits per heavy atom. The Kier molecular flexibility index (Phi) is 6.31. The molecule has 0 unspecified atom stereocenters. The molecule has 0 bridgehead atoms. The van der Waals surface area contributed by atoms with E-state index in [2.05, 4.69) is 34.5 Å². The molecule has 2 amide bonds. The van der Waals surface area contributed by atoms with E-state index in [4.69, 9.17) is 11.6 Å². The van der Waals surface area contributed by atoms with Gasteiger partial charge in [-0.05, 0) is 31.2 Å². The standard InChI is InChI=1S/C21H22ClN3O3/c1-15-5-7-18(8-6-15)24-9-11-25(12-10-24)19(26)14-23-21(28)20(27)16-3-2-4-17(22)13-16/h2-8,13H,9-12,14H2,1H3,(H,23,28). The number of benzene rings is 2. The van der Waals surface area contributed by atoms with E-state index < -0.39 is 11.7 Å². The largest absolute Gasteiger partial charge is 0.368 e. The van der Waals surface area contributed by atoms with Crippen molar-refractivity contribution in [2.75, 3.05) is 37.6 Å². The lowest BCUT2D eigenvalue weighted by Crippen LogP contribution is -2.51. The summed E-state index contributed by atoms with van der Waals surface area (Å²) in [7, 11) is 0. The highest BCUT2D eigenvalue weighted by molar-refractivity contribution is 6.43. The van der Waals surface area contributed by atoms with Crippen molar-refractivity contribution in [3.63, 3.8) is 0 Å². The number of carbonyl (C=O) groups is 3. The molecule has 0 atom stereocenters. The molecule has 1 aliphatic heterocycles. The predicted octanol–water partition coefficient (Wildman–Crippen LogP) is 2.30. The van der Waals surface area contributed by atoms with Gasteiger partial charge in [-0.2, -0.15) is 0 Å². The summed E-state index contributed by atoms with van der Waals surface area (Å²) in [5.41, 5.74) is 2.54. The van der Waals surface area contributed by atoms with Gasteiger partial charge in [0.15, 0.2) is 0 Å². The van der Waals surface area contributed by atoms with Gasteiger partial charge >= 0.3 is 0 Å². The van der Waals surface area contributed by atoms with E-state index in [9.17, 15) is 14.4 Å². The van der Waals surface area contributed by atoms with Gasteiger partial charge in [0, 0.05) is 42.5 Å². The maximum absolute atomic E-state index is 12.4. The van der Waals surface area contributed by atoms with Gasteiger partial charge in [0.2, 0.25) is 11.7 Å². The number of aryl methyl sites for hydroxylation is 1. The summed E-state index contributed by atoms with van der Waals surface area (Å²) in [5.74, 6) is -1.72. The fraction of sp³-hybridized carbons (Fsp3) is 0.286. The van der Waals surface area contributed by atoms with Gasteiger partial charge in [-0.15, -0.1) is 0 Å². The second-order valence-electron chi connectivity index (χ2n) is 6.73. The van der Waals surface area contributed by atoms with Crippen LogP contribution in [-0.4, -0.2) is 55.2 Å². The number of nitrogens with one attached hydrogen (secondary N) is 1. The summed E-state index contributed by atoms with van der Waals surface area (Å²) < 4.78 is 0. The first-order valence-electron chi connectivity index (χ1n) is 9.11. The lowest BCUT2D eigenvalue weighted by atomic mass is 10.1. The Balaban J connectivity index is 1.47. The molecule has 2 aromatic rings. The molecule has 3 rings (SSSR count). The second kappa shape index (κ2) is 8.89. The zero-order valence-corrected chi connectivity index (χ0v) is 16.4. The minimum absolute atomic E-state index is 0.198. The topological polar surface area (TPSA) is 69.7 Å². The predicted molar refractivity (Wildman–Crippen MR) is 109 cm³/mol. The second-order valence-corrected chi connectivity index (χ2v) is 7.16. The molecule has 1 N–H and O–H groups in total. The van der Waals surface area contributed by atoms with Crippen LogP contribution in [0, 0.1) is 6.92 Å². The fourth-order valence-electron chi connectivity index (χ4n) is 3.08. The van der Waals surface area contributed by atoms with E-state index in [1.165, 1.54) is 17.7 Å². The van der Waals surface area contributed by atoms with Crippen molar-refractivity contribution >= 4 is 34.9 Å². The Labute approximate surface area is 169 Å². The molecular formula is C21H22ClN3O3. The molecule has 0 radical (unpaired) electrons. The molecule has 6 nitrogen and oxygen atoms in total. The number of anilines is 1. The van der Waals surface area contributed by atoms with Crippen molar-refractivity contribution in [1.82, 2.24) is 10.2 Å². The Bertz CT molecular complexity index is 875. The highest BCUT2D eigenvalue weighted by Crippen LogP contribution is 2.17. The Morgan fingerprint density at radius 3 is 2.32 bits per heavy atom. The van der Waals surface area contributed by atoms with Crippen LogP contribution in [0.2, 0.25) is 5.02 Å². The van der Waals surface area contributed by atoms with Gasteiger partial charge in [0.25, 0.3) is 5.91 Å². The Hall–Kier alpha value is -2.86. The summed E-state index contributed by atoms with van der Waals surface area (Å²) in [5, 5.41) is 2.79. The molecule has 0 aromatic heterocycles. The van der Waals surface area contributed by atoms with E-state index in [0.29, 0.717) is 18.1 Å². The van der Waals surface area contributed by atoms with Crippen LogP contribution < -0.4 is 10.2 Å². The van der Waals surface area contributed by atoms with Crippen LogP contribution in [0.4, 0.5) is 5.69 Å². The van der Waals surface area contributed by atoms with Crippen LogP contribution in [0.25, 0.3) is 0 Å². The highest BCUT2D eigenvalue weighted by Gasteiger charge is 2.23. The molecule has 1 saturated heterocycles. The molecule has 7 heteroatoms. The molecule has 0 aliphatic carbocycles. The zero-order chi connectivity index (χ0) is 20.1. The van der Waals surface area contributed by atoms with Crippen LogP contribution >= 0.6 is 11.6 Å². The van der Waals surface area contributed by atoms with Crippen LogP contribution in [0.3, 0.4) is 0 Å². The lowest BCUT2D eigenvalue weighted by Gasteiger charge is -2.36. The monoisotopic (exact) mass is 399 g/mol. The van der Waals surface area contributed by atoms with Crippen LogP contribution in [-0.2, 0) is 9.59 Å². The van der Waals surface area contributed by atoms with Crippen LogP contribution in [0.1, 0.15) is 15.9 Å². The average Bonchev–Trinajstić information content (AvgIpc) is 2.72. The van der Waals surface area contributed by atoms with Crippen LogP contribution in [0.15, 0.2) is 48.5 Å². The molecule has 146 valence electrons. The molecule has 1 aliphatic rings. The molecule has 2 aromatic carbocycles. The van der Waals surface area contributed by atoms with Gasteiger partial charge in [0.1, 0.15) is 0 Å². The smallest absolute Gasteiger partial charge is 0.292 e. The fourth-order valence-corrected chi connectivity index (χ4v) is 3.27. The van der Waals surface area contributed by atoms with E-state index in [1.54, 1.807) is 17.0 Å². The number of hydrogen-bond acceptors (Lipinski definition) is 4. The number of piperazine rings is 1. The third-order valence-corrected chi connectivity index (χ3v) is 4.96. The van der Waals surface area contributed by atoms with Gasteiger partial charge in [-0.25, -0.2) is 0 Å². The summed E-state index contributed by atoms with van der Waals surface area (Å²) >= 11 is 5.84. The van der Waals surface area contributed by atoms with E-state index in [-0.39, 0.29) is 18.0 Å². The summed E-state index contributed by atoms with van der Waals surface area (Å²) in [4.78, 5) is 40.4. The minimum Gasteiger partial charge on any atom is -0.368 e. The first-order chi connectivity index (χ1) is 13.4. The van der Waals surface area contributed by atoms with Gasteiger partial charge < -0.3 is 15.1 Å². The quantitative estimate of drug-likeness (QED) is 0.618. The number of amides is 2. The van der Waals surface area contributed by atoms with Crippen molar-refractivity contribution in [2.45, 2.75) is 6.92 Å². The zero-order valence-electron chi connectivity index (χ0n) is 15.7. The maximum Gasteiger partial charge on any atom is 0.292 e. The van der Waals surface area contributed by atoms with Crippen molar-refractivity contribution in [3.8, 4) is 0 Å². The average molecular weight is 400 g/mol. The van der Waals surface area contributed by atoms with Crippen molar-refractivity contribution in [3.05, 3.63) is 64.7 Å². The summed E-state index contributed by atoms with van der Waals surface area (Å²) in [6, 6.07) is 14.5. The molecule has 1 fully saturated rings. The molecular weight excluding hydrogens is 378 g/mol. The van der Waals surface area contributed by atoms with Crippen molar-refractivity contribution in [2.24, 2.45) is 0 Å². The van der Waals surface area contributed by atoms with Crippen molar-refractivity contribution in [1.29, 1.82) is 0 Å².